The largest absolute Gasteiger partial charge is 0.494 e. The molecule has 10 heteroatoms. The summed E-state index contributed by atoms with van der Waals surface area (Å²) in [5.41, 5.74) is 1.31. The summed E-state index contributed by atoms with van der Waals surface area (Å²) in [4.78, 5) is 27.1. The van der Waals surface area contributed by atoms with Gasteiger partial charge >= 0.3 is 6.03 Å². The molecule has 0 unspecified atom stereocenters. The zero-order valence-corrected chi connectivity index (χ0v) is 19.7. The van der Waals surface area contributed by atoms with E-state index < -0.39 is 0 Å². The molecule has 0 radical (unpaired) electrons. The first kappa shape index (κ1) is 23.0. The van der Waals surface area contributed by atoms with Crippen LogP contribution in [0.25, 0.3) is 0 Å². The first-order valence-corrected chi connectivity index (χ1v) is 11.9. The van der Waals surface area contributed by atoms with Gasteiger partial charge in [0, 0.05) is 35.4 Å². The minimum Gasteiger partial charge on any atom is -0.494 e. The van der Waals surface area contributed by atoms with Gasteiger partial charge in [-0.2, -0.15) is 0 Å². The van der Waals surface area contributed by atoms with Crippen LogP contribution in [0, 0.1) is 0 Å². The number of amides is 3. The minimum atomic E-state index is -0.332. The molecular formula is C23H24ClN5O3S. The number of nitrogens with zero attached hydrogens (tertiary/aromatic N) is 3. The fraction of sp³-hybridized carbons (Fsp3) is 0.304. The van der Waals surface area contributed by atoms with E-state index in [4.69, 9.17) is 16.3 Å². The van der Waals surface area contributed by atoms with Crippen molar-refractivity contribution in [3.63, 3.8) is 0 Å². The Morgan fingerprint density at radius 1 is 1.15 bits per heavy atom. The van der Waals surface area contributed by atoms with Crippen molar-refractivity contribution in [3.8, 4) is 5.75 Å². The Hall–Kier alpha value is -3.17. The average Bonchev–Trinajstić information content (AvgIpc) is 3.31. The number of carbonyl (C=O) groups is 2. The Balaban J connectivity index is 1.35. The second kappa shape index (κ2) is 10.6. The van der Waals surface area contributed by atoms with Gasteiger partial charge in [0.1, 0.15) is 10.8 Å². The van der Waals surface area contributed by atoms with Gasteiger partial charge in [-0.1, -0.05) is 29.0 Å². The third-order valence-corrected chi connectivity index (χ3v) is 6.51. The molecule has 0 saturated carbocycles. The number of likely N-dealkylation sites (tertiary alicyclic amines) is 1. The zero-order valence-electron chi connectivity index (χ0n) is 18.1. The number of halogens is 1. The van der Waals surface area contributed by atoms with Crippen molar-refractivity contribution in [1.82, 2.24) is 15.1 Å². The number of urea groups is 1. The molecule has 0 bridgehead atoms. The van der Waals surface area contributed by atoms with Gasteiger partial charge in [-0.15, -0.1) is 10.2 Å². The lowest BCUT2D eigenvalue weighted by Gasteiger charge is -2.31. The summed E-state index contributed by atoms with van der Waals surface area (Å²) < 4.78 is 5.43. The number of anilines is 2. The molecule has 1 saturated heterocycles. The van der Waals surface area contributed by atoms with Crippen LogP contribution in [0.3, 0.4) is 0 Å². The molecule has 3 amide bonds. The normalized spacial score (nSPS) is 15.7. The van der Waals surface area contributed by atoms with E-state index in [1.54, 1.807) is 29.2 Å². The highest BCUT2D eigenvalue weighted by molar-refractivity contribution is 7.13. The van der Waals surface area contributed by atoms with Crippen LogP contribution in [0.4, 0.5) is 16.2 Å². The number of piperidine rings is 1. The lowest BCUT2D eigenvalue weighted by molar-refractivity contribution is 0.102. The number of ether oxygens (including phenoxy) is 1. The molecule has 2 heterocycles. The lowest BCUT2D eigenvalue weighted by Crippen LogP contribution is -2.41. The highest BCUT2D eigenvalue weighted by Gasteiger charge is 2.28. The number of benzene rings is 2. The summed E-state index contributed by atoms with van der Waals surface area (Å²) in [6.07, 6.45) is 1.74. The third kappa shape index (κ3) is 6.00. The number of carbonyl (C=O) groups excluding carboxylic acids is 2. The number of rotatable bonds is 6. The van der Waals surface area contributed by atoms with Crippen LogP contribution in [0.15, 0.2) is 48.5 Å². The predicted octanol–water partition coefficient (Wildman–Crippen LogP) is 5.25. The van der Waals surface area contributed by atoms with Crippen LogP contribution in [-0.2, 0) is 0 Å². The molecule has 33 heavy (non-hydrogen) atoms. The average molecular weight is 486 g/mol. The second-order valence-electron chi connectivity index (χ2n) is 7.58. The lowest BCUT2D eigenvalue weighted by atomic mass is 9.99. The number of nitrogens with one attached hydrogen (secondary N) is 2. The Morgan fingerprint density at radius 2 is 1.97 bits per heavy atom. The Morgan fingerprint density at radius 3 is 2.73 bits per heavy atom. The van der Waals surface area contributed by atoms with E-state index in [0.29, 0.717) is 36.1 Å². The molecule has 0 spiro atoms. The third-order valence-electron chi connectivity index (χ3n) is 5.19. The van der Waals surface area contributed by atoms with Crippen molar-refractivity contribution in [3.05, 3.63) is 63.6 Å². The predicted molar refractivity (Wildman–Crippen MR) is 129 cm³/mol. The van der Waals surface area contributed by atoms with E-state index >= 15 is 0 Å². The van der Waals surface area contributed by atoms with Crippen molar-refractivity contribution in [1.29, 1.82) is 0 Å². The summed E-state index contributed by atoms with van der Waals surface area (Å²) in [6.45, 7) is 3.71. The maximum atomic E-state index is 12.8. The molecule has 172 valence electrons. The molecule has 1 aliphatic heterocycles. The fourth-order valence-corrected chi connectivity index (χ4v) is 4.66. The van der Waals surface area contributed by atoms with Gasteiger partial charge in [-0.3, -0.25) is 4.79 Å². The summed E-state index contributed by atoms with van der Waals surface area (Å²) >= 11 is 7.23. The van der Waals surface area contributed by atoms with E-state index in [9.17, 15) is 9.59 Å². The molecule has 2 aromatic carbocycles. The SMILES string of the molecule is CCOc1ccc(NC(=O)N2CCC[C@H](c3nnc(C(=O)Nc4cccc(Cl)c4)s3)C2)cc1. The van der Waals surface area contributed by atoms with Gasteiger partial charge in [0.05, 0.1) is 6.61 Å². The quantitative estimate of drug-likeness (QED) is 0.496. The number of aromatic nitrogens is 2. The topological polar surface area (TPSA) is 96.4 Å². The summed E-state index contributed by atoms with van der Waals surface area (Å²) in [7, 11) is 0. The van der Waals surface area contributed by atoms with Crippen molar-refractivity contribution in [2.24, 2.45) is 0 Å². The monoisotopic (exact) mass is 485 g/mol. The molecule has 1 atom stereocenters. The van der Waals surface area contributed by atoms with E-state index in [1.165, 1.54) is 11.3 Å². The van der Waals surface area contributed by atoms with Crippen LogP contribution in [0.5, 0.6) is 5.75 Å². The molecular weight excluding hydrogens is 462 g/mol. The first-order chi connectivity index (χ1) is 16.0. The Labute approximate surface area is 200 Å². The maximum absolute atomic E-state index is 12.8. The maximum Gasteiger partial charge on any atom is 0.321 e. The van der Waals surface area contributed by atoms with Crippen molar-refractivity contribution in [2.75, 3.05) is 30.3 Å². The smallest absolute Gasteiger partial charge is 0.321 e. The number of hydrogen-bond acceptors (Lipinski definition) is 6. The van der Waals surface area contributed by atoms with Crippen LogP contribution >= 0.6 is 22.9 Å². The van der Waals surface area contributed by atoms with Crippen LogP contribution in [0.1, 0.15) is 40.5 Å². The molecule has 1 aromatic heterocycles. The molecule has 0 aliphatic carbocycles. The zero-order chi connectivity index (χ0) is 23.2. The summed E-state index contributed by atoms with van der Waals surface area (Å²) in [6, 6.07) is 14.1. The Kier molecular flexibility index (Phi) is 7.41. The number of hydrogen-bond donors (Lipinski definition) is 2. The standard InChI is InChI=1S/C23H24ClN5O3S/c1-2-32-19-10-8-17(9-11-19)26-23(31)29-12-4-5-15(14-29)21-27-28-22(33-21)20(30)25-18-7-3-6-16(24)13-18/h3,6-11,13,15H,2,4-5,12,14H2,1H3,(H,25,30)(H,26,31)/t15-/m0/s1. The molecule has 3 aromatic rings. The summed E-state index contributed by atoms with van der Waals surface area (Å²) in [5, 5.41) is 15.6. The van der Waals surface area contributed by atoms with Gasteiger partial charge in [0.2, 0.25) is 5.01 Å². The van der Waals surface area contributed by atoms with Crippen molar-refractivity contribution < 1.29 is 14.3 Å². The molecule has 1 aliphatic rings. The van der Waals surface area contributed by atoms with Crippen LogP contribution in [-0.4, -0.2) is 46.7 Å². The van der Waals surface area contributed by atoms with Gasteiger partial charge in [-0.25, -0.2) is 4.79 Å². The van der Waals surface area contributed by atoms with Crippen molar-refractivity contribution in [2.45, 2.75) is 25.7 Å². The van der Waals surface area contributed by atoms with E-state index in [-0.39, 0.29) is 22.9 Å². The highest BCUT2D eigenvalue weighted by atomic mass is 35.5. The highest BCUT2D eigenvalue weighted by Crippen LogP contribution is 2.30. The fourth-order valence-electron chi connectivity index (χ4n) is 3.61. The first-order valence-electron chi connectivity index (χ1n) is 10.7. The summed E-state index contributed by atoms with van der Waals surface area (Å²) in [5.74, 6) is 0.469. The second-order valence-corrected chi connectivity index (χ2v) is 9.03. The van der Waals surface area contributed by atoms with Crippen molar-refractivity contribution >= 4 is 46.3 Å². The molecule has 1 fully saturated rings. The molecule has 8 nitrogen and oxygen atoms in total. The van der Waals surface area contributed by atoms with Gasteiger partial charge in [0.15, 0.2) is 0 Å². The van der Waals surface area contributed by atoms with Crippen LogP contribution in [0.2, 0.25) is 5.02 Å². The van der Waals surface area contributed by atoms with E-state index in [2.05, 4.69) is 20.8 Å². The van der Waals surface area contributed by atoms with Crippen LogP contribution < -0.4 is 15.4 Å². The minimum absolute atomic E-state index is 0.0371. The molecule has 2 N–H and O–H groups in total. The van der Waals surface area contributed by atoms with E-state index in [1.807, 2.05) is 31.2 Å². The molecule has 4 rings (SSSR count). The van der Waals surface area contributed by atoms with E-state index in [0.717, 1.165) is 23.6 Å². The van der Waals surface area contributed by atoms with Gasteiger partial charge in [0.25, 0.3) is 5.91 Å². The Bertz CT molecular complexity index is 1120. The van der Waals surface area contributed by atoms with Gasteiger partial charge < -0.3 is 20.3 Å². The van der Waals surface area contributed by atoms with Gasteiger partial charge in [-0.05, 0) is 62.2 Å².